The Labute approximate surface area is 209 Å². The molecule has 2 unspecified atom stereocenters. The Morgan fingerprint density at radius 1 is 1.18 bits per heavy atom. The van der Waals surface area contributed by atoms with Crippen LogP contribution in [0, 0.1) is 0 Å². The summed E-state index contributed by atoms with van der Waals surface area (Å²) in [5.41, 5.74) is 2.09. The summed E-state index contributed by atoms with van der Waals surface area (Å²) in [6.07, 6.45) is -0.00249. The summed E-state index contributed by atoms with van der Waals surface area (Å²) >= 11 is 2.07. The molecule has 0 radical (unpaired) electrons. The summed E-state index contributed by atoms with van der Waals surface area (Å²) in [5.74, 6) is 0. The van der Waals surface area contributed by atoms with Gasteiger partial charge in [-0.15, -0.1) is 11.3 Å². The zero-order valence-corrected chi connectivity index (χ0v) is 22.5. The van der Waals surface area contributed by atoms with Crippen molar-refractivity contribution in [1.29, 1.82) is 0 Å². The second-order valence-corrected chi connectivity index (χ2v) is 12.4. The minimum absolute atomic E-state index is 0.267. The van der Waals surface area contributed by atoms with Gasteiger partial charge in [0.2, 0.25) is 0 Å². The molecule has 0 aliphatic carbocycles. The summed E-state index contributed by atoms with van der Waals surface area (Å²) in [6, 6.07) is 17.2. The number of rotatable bonds is 10. The Kier molecular flexibility index (Phi) is 9.61. The fourth-order valence-electron chi connectivity index (χ4n) is 3.77. The third-order valence-electron chi connectivity index (χ3n) is 5.62. The lowest BCUT2D eigenvalue weighted by Crippen LogP contribution is -2.53. The lowest BCUT2D eigenvalue weighted by Gasteiger charge is -2.40. The standard InChI is InChI=1S/C26H35BrN2O3S/c1-19(2)18-26(22-10-8-7-9-11-22,28-33(32)25(4,5)6)16-17-29(24(30)31)20(3)21-12-14-23(27)15-13-21/h7-15,20,28H,1,16-18H2,2-6H3,(H,30,31)/t20-,26?,33?/m0/s1. The molecule has 0 bridgehead atoms. The molecule has 3 atom stereocenters. The number of carboxylic acid groups (broad SMARTS) is 1. The van der Waals surface area contributed by atoms with Gasteiger partial charge in [-0.25, -0.2) is 4.79 Å². The number of nitrogens with one attached hydrogen (secondary N) is 1. The molecule has 0 aromatic heterocycles. The minimum atomic E-state index is -1.36. The molecule has 1 amide bonds. The molecule has 2 aromatic rings. The van der Waals surface area contributed by atoms with E-state index in [1.807, 2.05) is 89.2 Å². The highest BCUT2D eigenvalue weighted by atomic mass is 79.9. The van der Waals surface area contributed by atoms with Crippen molar-refractivity contribution in [3.8, 4) is 0 Å². The van der Waals surface area contributed by atoms with Gasteiger partial charge in [-0.05, 0) is 70.7 Å². The van der Waals surface area contributed by atoms with Crippen molar-refractivity contribution in [2.75, 3.05) is 6.54 Å². The van der Waals surface area contributed by atoms with Crippen LogP contribution in [-0.4, -0.2) is 31.9 Å². The first-order valence-electron chi connectivity index (χ1n) is 11.0. The Morgan fingerprint density at radius 2 is 1.76 bits per heavy atom. The molecule has 180 valence electrons. The van der Waals surface area contributed by atoms with E-state index in [-0.39, 0.29) is 12.6 Å². The van der Waals surface area contributed by atoms with Gasteiger partial charge in [-0.1, -0.05) is 64.0 Å². The van der Waals surface area contributed by atoms with E-state index >= 15 is 0 Å². The first-order chi connectivity index (χ1) is 15.4. The lowest BCUT2D eigenvalue weighted by atomic mass is 9.82. The van der Waals surface area contributed by atoms with Crippen LogP contribution in [0.15, 0.2) is 71.2 Å². The average molecular weight is 536 g/mol. The molecule has 0 saturated heterocycles. The molecule has 33 heavy (non-hydrogen) atoms. The first-order valence-corrected chi connectivity index (χ1v) is 12.9. The maximum Gasteiger partial charge on any atom is 0.407 e. The van der Waals surface area contributed by atoms with Gasteiger partial charge in [0, 0.05) is 22.4 Å². The van der Waals surface area contributed by atoms with E-state index in [0.29, 0.717) is 12.8 Å². The first kappa shape index (κ1) is 27.4. The van der Waals surface area contributed by atoms with E-state index in [1.165, 1.54) is 4.90 Å². The van der Waals surface area contributed by atoms with Gasteiger partial charge in [0.1, 0.15) is 4.75 Å². The Morgan fingerprint density at radius 3 is 2.24 bits per heavy atom. The summed E-state index contributed by atoms with van der Waals surface area (Å²) in [4.78, 5) is 13.7. The molecule has 7 heteroatoms. The van der Waals surface area contributed by atoms with E-state index in [1.54, 1.807) is 0 Å². The molecule has 2 rings (SSSR count). The van der Waals surface area contributed by atoms with Gasteiger partial charge in [0.25, 0.3) is 0 Å². The van der Waals surface area contributed by atoms with Crippen molar-refractivity contribution in [2.24, 2.45) is 0 Å². The van der Waals surface area contributed by atoms with Crippen molar-refractivity contribution in [3.05, 3.63) is 82.3 Å². The van der Waals surface area contributed by atoms with Crippen LogP contribution in [-0.2, 0) is 16.9 Å². The smallest absolute Gasteiger partial charge is 0.407 e. The van der Waals surface area contributed by atoms with Crippen LogP contribution in [0.25, 0.3) is 0 Å². The van der Waals surface area contributed by atoms with Gasteiger partial charge < -0.3 is 14.6 Å². The van der Waals surface area contributed by atoms with Crippen molar-refractivity contribution in [3.63, 3.8) is 0 Å². The van der Waals surface area contributed by atoms with Crippen LogP contribution < -0.4 is 4.72 Å². The van der Waals surface area contributed by atoms with Crippen LogP contribution >= 0.6 is 15.9 Å². The molecule has 0 aliphatic rings. The predicted molar refractivity (Wildman–Crippen MR) is 140 cm³/mol. The number of carbonyl (C=O) groups is 1. The molecule has 0 heterocycles. The molecular formula is C26H35BrN2O3S. The lowest BCUT2D eigenvalue weighted by molar-refractivity contribution is 0.121. The topological polar surface area (TPSA) is 75.6 Å². The van der Waals surface area contributed by atoms with Gasteiger partial charge in [-0.3, -0.25) is 0 Å². The van der Waals surface area contributed by atoms with Crippen LogP contribution in [0.3, 0.4) is 0 Å². The highest BCUT2D eigenvalue weighted by Crippen LogP contribution is 2.36. The molecule has 0 aliphatic heterocycles. The molecule has 5 nitrogen and oxygen atoms in total. The predicted octanol–water partition coefficient (Wildman–Crippen LogP) is 6.79. The van der Waals surface area contributed by atoms with Crippen molar-refractivity contribution < 1.29 is 14.5 Å². The van der Waals surface area contributed by atoms with E-state index in [0.717, 1.165) is 21.2 Å². The third kappa shape index (κ3) is 7.60. The minimum Gasteiger partial charge on any atom is -0.598 e. The van der Waals surface area contributed by atoms with Gasteiger partial charge in [0.15, 0.2) is 0 Å². The van der Waals surface area contributed by atoms with E-state index in [9.17, 15) is 14.5 Å². The second-order valence-electron chi connectivity index (χ2n) is 9.52. The maximum absolute atomic E-state index is 13.2. The van der Waals surface area contributed by atoms with E-state index < -0.39 is 27.7 Å². The molecule has 2 N–H and O–H groups in total. The highest BCUT2D eigenvalue weighted by molar-refractivity contribution is 9.10. The summed E-state index contributed by atoms with van der Waals surface area (Å²) in [7, 11) is 0. The summed E-state index contributed by atoms with van der Waals surface area (Å²) in [5, 5.41) is 10.0. The number of hydrogen-bond donors (Lipinski definition) is 2. The average Bonchev–Trinajstić information content (AvgIpc) is 2.73. The SMILES string of the molecule is C=C(C)CC(CCN(C(=O)O)[C@@H](C)c1ccc(Br)cc1)(N[S+]([O-])C(C)(C)C)c1ccccc1. The second kappa shape index (κ2) is 11.6. The third-order valence-corrected chi connectivity index (χ3v) is 7.84. The van der Waals surface area contributed by atoms with Gasteiger partial charge >= 0.3 is 6.09 Å². The van der Waals surface area contributed by atoms with Crippen molar-refractivity contribution in [2.45, 2.75) is 63.8 Å². The maximum atomic E-state index is 13.2. The van der Waals surface area contributed by atoms with Crippen molar-refractivity contribution in [1.82, 2.24) is 9.62 Å². The molecular weight excluding hydrogens is 500 g/mol. The zero-order valence-electron chi connectivity index (χ0n) is 20.1. The Hall–Kier alpha value is -1.80. The highest BCUT2D eigenvalue weighted by Gasteiger charge is 2.41. The number of halogens is 1. The Bertz CT molecular complexity index is 931. The summed E-state index contributed by atoms with van der Waals surface area (Å²) in [6.45, 7) is 14.0. The quantitative estimate of drug-likeness (QED) is 0.259. The van der Waals surface area contributed by atoms with Crippen LogP contribution in [0.2, 0.25) is 0 Å². The fourth-order valence-corrected chi connectivity index (χ4v) is 4.99. The number of hydrogen-bond acceptors (Lipinski definition) is 3. The molecule has 2 aromatic carbocycles. The number of benzene rings is 2. The van der Waals surface area contributed by atoms with Crippen molar-refractivity contribution >= 4 is 33.4 Å². The van der Waals surface area contributed by atoms with Gasteiger partial charge in [0.05, 0.1) is 11.6 Å². The molecule has 0 fully saturated rings. The van der Waals surface area contributed by atoms with Crippen LogP contribution in [0.5, 0.6) is 0 Å². The monoisotopic (exact) mass is 534 g/mol. The number of nitrogens with zero attached hydrogens (tertiary/aromatic N) is 1. The largest absolute Gasteiger partial charge is 0.598 e. The normalized spacial score (nSPS) is 15.4. The Balaban J connectivity index is 2.43. The fraction of sp³-hybridized carbons (Fsp3) is 0.423. The molecule has 0 spiro atoms. The van der Waals surface area contributed by atoms with E-state index in [4.69, 9.17) is 0 Å². The zero-order chi connectivity index (χ0) is 24.8. The van der Waals surface area contributed by atoms with Gasteiger partial charge in [-0.2, -0.15) is 0 Å². The summed E-state index contributed by atoms with van der Waals surface area (Å²) < 4.78 is 17.1. The number of amides is 1. The van der Waals surface area contributed by atoms with Crippen LogP contribution in [0.1, 0.15) is 64.6 Å². The van der Waals surface area contributed by atoms with Crippen LogP contribution in [0.4, 0.5) is 4.79 Å². The molecule has 0 saturated carbocycles. The van der Waals surface area contributed by atoms with E-state index in [2.05, 4.69) is 27.2 Å².